The van der Waals surface area contributed by atoms with Crippen molar-refractivity contribution in [1.29, 1.82) is 0 Å². The summed E-state index contributed by atoms with van der Waals surface area (Å²) in [7, 11) is 3.67. The molecule has 31 heavy (non-hydrogen) atoms. The second kappa shape index (κ2) is 8.89. The number of likely N-dealkylation sites (N-methyl/N-ethyl adjacent to an activating group) is 1. The van der Waals surface area contributed by atoms with Gasteiger partial charge in [0.05, 0.1) is 13.2 Å². The molecule has 4 rings (SSSR count). The highest BCUT2D eigenvalue weighted by Gasteiger charge is 2.32. The van der Waals surface area contributed by atoms with E-state index in [1.165, 1.54) is 0 Å². The summed E-state index contributed by atoms with van der Waals surface area (Å²) in [5, 5.41) is 1.04. The lowest BCUT2D eigenvalue weighted by Crippen LogP contribution is -2.52. The summed E-state index contributed by atoms with van der Waals surface area (Å²) in [6, 6.07) is 13.8. The SMILES string of the molecule is Cc1ccc2c(c1)cc(C(=O)N1CCO[C@H](C(=O)N(C)CCc3ccccn3)C1)n2C. The fourth-order valence-electron chi connectivity index (χ4n) is 4.00. The molecule has 3 heterocycles. The number of benzene rings is 1. The molecule has 0 aliphatic carbocycles. The Morgan fingerprint density at radius 3 is 2.84 bits per heavy atom. The number of aryl methyl sites for hydroxylation is 2. The third-order valence-electron chi connectivity index (χ3n) is 5.85. The number of rotatable bonds is 5. The number of amides is 2. The van der Waals surface area contributed by atoms with Gasteiger partial charge in [-0.2, -0.15) is 0 Å². The first-order valence-corrected chi connectivity index (χ1v) is 10.6. The van der Waals surface area contributed by atoms with Gasteiger partial charge in [0.1, 0.15) is 5.69 Å². The Bertz CT molecular complexity index is 1090. The van der Waals surface area contributed by atoms with E-state index < -0.39 is 6.10 Å². The second-order valence-corrected chi connectivity index (χ2v) is 8.09. The van der Waals surface area contributed by atoms with E-state index in [4.69, 9.17) is 4.74 Å². The molecule has 7 nitrogen and oxygen atoms in total. The number of ether oxygens (including phenoxy) is 1. The van der Waals surface area contributed by atoms with Gasteiger partial charge in [-0.25, -0.2) is 0 Å². The third kappa shape index (κ3) is 4.46. The van der Waals surface area contributed by atoms with Gasteiger partial charge in [-0.1, -0.05) is 17.7 Å². The lowest BCUT2D eigenvalue weighted by Gasteiger charge is -2.34. The smallest absolute Gasteiger partial charge is 0.270 e. The summed E-state index contributed by atoms with van der Waals surface area (Å²) in [5.74, 6) is -0.185. The van der Waals surface area contributed by atoms with Crippen LogP contribution in [0.2, 0.25) is 0 Å². The van der Waals surface area contributed by atoms with Crippen molar-refractivity contribution in [3.8, 4) is 0 Å². The van der Waals surface area contributed by atoms with E-state index in [-0.39, 0.29) is 18.4 Å². The molecule has 0 saturated carbocycles. The molecule has 2 amide bonds. The number of aromatic nitrogens is 2. The topological polar surface area (TPSA) is 67.7 Å². The number of carbonyl (C=O) groups excluding carboxylic acids is 2. The molecule has 1 saturated heterocycles. The van der Waals surface area contributed by atoms with Crippen LogP contribution in [-0.2, 0) is 23.0 Å². The molecule has 0 bridgehead atoms. The van der Waals surface area contributed by atoms with E-state index in [9.17, 15) is 9.59 Å². The molecule has 162 valence electrons. The number of hydrogen-bond donors (Lipinski definition) is 0. The standard InChI is InChI=1S/C24H28N4O3/c1-17-7-8-20-18(14-17)15-21(27(20)3)23(29)28-12-13-31-22(16-28)24(30)26(2)11-9-19-6-4-5-10-25-19/h4-8,10,14-15,22H,9,11-13,16H2,1-3H3/t22-/m0/s1. The molecule has 2 aromatic heterocycles. The predicted octanol–water partition coefficient (Wildman–Crippen LogP) is 2.42. The highest BCUT2D eigenvalue weighted by atomic mass is 16.5. The minimum Gasteiger partial charge on any atom is -0.365 e. The van der Waals surface area contributed by atoms with Gasteiger partial charge in [-0.3, -0.25) is 14.6 Å². The third-order valence-corrected chi connectivity index (χ3v) is 5.85. The molecule has 1 aliphatic heterocycles. The maximum atomic E-state index is 13.2. The van der Waals surface area contributed by atoms with Crippen LogP contribution >= 0.6 is 0 Å². The van der Waals surface area contributed by atoms with Gasteiger partial charge in [0, 0.05) is 56.4 Å². The molecule has 0 radical (unpaired) electrons. The zero-order valence-electron chi connectivity index (χ0n) is 18.2. The van der Waals surface area contributed by atoms with Crippen molar-refractivity contribution >= 4 is 22.7 Å². The molecule has 7 heteroatoms. The average molecular weight is 421 g/mol. The quantitative estimate of drug-likeness (QED) is 0.636. The highest BCUT2D eigenvalue weighted by Crippen LogP contribution is 2.22. The van der Waals surface area contributed by atoms with Gasteiger partial charge in [0.15, 0.2) is 6.10 Å². The van der Waals surface area contributed by atoms with Crippen molar-refractivity contribution in [3.63, 3.8) is 0 Å². The van der Waals surface area contributed by atoms with Crippen LogP contribution in [0.25, 0.3) is 10.9 Å². The second-order valence-electron chi connectivity index (χ2n) is 8.09. The van der Waals surface area contributed by atoms with Crippen molar-refractivity contribution in [3.05, 3.63) is 65.6 Å². The molecule has 0 unspecified atom stereocenters. The van der Waals surface area contributed by atoms with Crippen molar-refractivity contribution in [1.82, 2.24) is 19.4 Å². The number of hydrogen-bond acceptors (Lipinski definition) is 4. The summed E-state index contributed by atoms with van der Waals surface area (Å²) < 4.78 is 7.65. The van der Waals surface area contributed by atoms with Crippen LogP contribution in [0.4, 0.5) is 0 Å². The number of carbonyl (C=O) groups is 2. The Kier molecular flexibility index (Phi) is 6.04. The van der Waals surface area contributed by atoms with Gasteiger partial charge in [0.2, 0.25) is 0 Å². The van der Waals surface area contributed by atoms with Gasteiger partial charge < -0.3 is 19.1 Å². The fourth-order valence-corrected chi connectivity index (χ4v) is 4.00. The van der Waals surface area contributed by atoms with Gasteiger partial charge in [-0.15, -0.1) is 0 Å². The normalized spacial score (nSPS) is 16.5. The van der Waals surface area contributed by atoms with Crippen LogP contribution in [0.15, 0.2) is 48.7 Å². The minimum absolute atomic E-state index is 0.0754. The average Bonchev–Trinajstić information content (AvgIpc) is 3.12. The number of pyridine rings is 1. The first-order valence-electron chi connectivity index (χ1n) is 10.6. The Hall–Kier alpha value is -3.19. The van der Waals surface area contributed by atoms with Crippen LogP contribution in [-0.4, -0.2) is 70.6 Å². The summed E-state index contributed by atoms with van der Waals surface area (Å²) in [6.07, 6.45) is 1.77. The first kappa shape index (κ1) is 21.1. The van der Waals surface area contributed by atoms with Crippen LogP contribution < -0.4 is 0 Å². The van der Waals surface area contributed by atoms with Gasteiger partial charge >= 0.3 is 0 Å². The predicted molar refractivity (Wildman–Crippen MR) is 119 cm³/mol. The van der Waals surface area contributed by atoms with Crippen molar-refractivity contribution in [2.45, 2.75) is 19.4 Å². The molecule has 0 spiro atoms. The van der Waals surface area contributed by atoms with Crippen LogP contribution in [0.5, 0.6) is 0 Å². The molecule has 1 fully saturated rings. The molecule has 0 N–H and O–H groups in total. The van der Waals surface area contributed by atoms with E-state index in [0.29, 0.717) is 31.8 Å². The summed E-state index contributed by atoms with van der Waals surface area (Å²) in [5.41, 5.74) is 3.73. The van der Waals surface area contributed by atoms with E-state index in [1.54, 1.807) is 23.0 Å². The van der Waals surface area contributed by atoms with E-state index in [0.717, 1.165) is 22.2 Å². The van der Waals surface area contributed by atoms with Gasteiger partial charge in [-0.05, 0) is 37.3 Å². The van der Waals surface area contributed by atoms with E-state index >= 15 is 0 Å². The summed E-state index contributed by atoms with van der Waals surface area (Å²) in [4.78, 5) is 33.8. The van der Waals surface area contributed by atoms with Crippen LogP contribution in [0.3, 0.4) is 0 Å². The summed E-state index contributed by atoms with van der Waals surface area (Å²) >= 11 is 0. The van der Waals surface area contributed by atoms with Crippen molar-refractivity contribution in [2.24, 2.45) is 7.05 Å². The van der Waals surface area contributed by atoms with E-state index in [2.05, 4.69) is 11.1 Å². The Balaban J connectivity index is 1.42. The fraction of sp³-hybridized carbons (Fsp3) is 0.375. The molecular formula is C24H28N4O3. The molecule has 1 atom stereocenters. The van der Waals surface area contributed by atoms with Crippen LogP contribution in [0.1, 0.15) is 21.7 Å². The highest BCUT2D eigenvalue weighted by molar-refractivity contribution is 5.99. The first-order chi connectivity index (χ1) is 14.9. The molecular weight excluding hydrogens is 392 g/mol. The maximum absolute atomic E-state index is 13.2. The molecule has 3 aromatic rings. The Labute approximate surface area is 182 Å². The number of nitrogens with zero attached hydrogens (tertiary/aromatic N) is 4. The van der Waals surface area contributed by atoms with Crippen LogP contribution in [0, 0.1) is 6.92 Å². The van der Waals surface area contributed by atoms with Crippen molar-refractivity contribution in [2.75, 3.05) is 33.3 Å². The van der Waals surface area contributed by atoms with Gasteiger partial charge in [0.25, 0.3) is 11.8 Å². The summed E-state index contributed by atoms with van der Waals surface area (Å²) in [6.45, 7) is 3.66. The monoisotopic (exact) mass is 420 g/mol. The Morgan fingerprint density at radius 1 is 1.23 bits per heavy atom. The lowest BCUT2D eigenvalue weighted by atomic mass is 10.2. The molecule has 1 aromatic carbocycles. The van der Waals surface area contributed by atoms with Crippen molar-refractivity contribution < 1.29 is 14.3 Å². The zero-order valence-corrected chi connectivity index (χ0v) is 18.2. The van der Waals surface area contributed by atoms with E-state index in [1.807, 2.05) is 54.9 Å². The zero-order chi connectivity index (χ0) is 22.0. The largest absolute Gasteiger partial charge is 0.365 e. The molecule has 1 aliphatic rings. The maximum Gasteiger partial charge on any atom is 0.270 e. The minimum atomic E-state index is -0.650. The number of fused-ring (bicyclic) bond motifs is 1. The number of morpholine rings is 1. The lowest BCUT2D eigenvalue weighted by molar-refractivity contribution is -0.146. The Morgan fingerprint density at radius 2 is 2.06 bits per heavy atom.